The molecule has 1 unspecified atom stereocenters. The first-order valence-corrected chi connectivity index (χ1v) is 12.5. The van der Waals surface area contributed by atoms with Crippen LogP contribution in [0.3, 0.4) is 0 Å². The van der Waals surface area contributed by atoms with Gasteiger partial charge in [0.1, 0.15) is 24.0 Å². The lowest BCUT2D eigenvalue weighted by Gasteiger charge is -2.20. The van der Waals surface area contributed by atoms with Crippen molar-refractivity contribution in [1.29, 1.82) is 0 Å². The van der Waals surface area contributed by atoms with E-state index in [1.807, 2.05) is 18.2 Å². The summed E-state index contributed by atoms with van der Waals surface area (Å²) in [7, 11) is 2.82. The summed E-state index contributed by atoms with van der Waals surface area (Å²) in [4.78, 5) is 13.2. The van der Waals surface area contributed by atoms with Crippen molar-refractivity contribution in [2.24, 2.45) is 4.99 Å². The van der Waals surface area contributed by atoms with Crippen LogP contribution in [0.4, 0.5) is 19.0 Å². The van der Waals surface area contributed by atoms with Crippen molar-refractivity contribution >= 4 is 11.4 Å². The Morgan fingerprint density at radius 3 is 2.69 bits per heavy atom. The maximum Gasteiger partial charge on any atom is 0.416 e. The zero-order valence-electron chi connectivity index (χ0n) is 22.1. The van der Waals surface area contributed by atoms with Crippen molar-refractivity contribution in [1.82, 2.24) is 9.97 Å². The molecule has 2 aliphatic rings. The highest BCUT2D eigenvalue weighted by Crippen LogP contribution is 2.36. The fourth-order valence-electron chi connectivity index (χ4n) is 4.35. The number of halogens is 3. The second-order valence-corrected chi connectivity index (χ2v) is 9.22. The van der Waals surface area contributed by atoms with Crippen LogP contribution in [0.1, 0.15) is 31.7 Å². The Hall–Kier alpha value is -4.08. The first-order chi connectivity index (χ1) is 18.7. The van der Waals surface area contributed by atoms with Gasteiger partial charge in [0, 0.05) is 19.2 Å². The van der Waals surface area contributed by atoms with Gasteiger partial charge in [-0.05, 0) is 61.6 Å². The molecule has 1 aromatic heterocycles. The molecule has 1 aliphatic heterocycles. The van der Waals surface area contributed by atoms with E-state index in [1.54, 1.807) is 12.3 Å². The van der Waals surface area contributed by atoms with E-state index < -0.39 is 17.9 Å². The number of ether oxygens (including phenoxy) is 3. The molecular formula is C29H31F3N4O3. The lowest BCUT2D eigenvalue weighted by atomic mass is 10.1. The van der Waals surface area contributed by atoms with Crippen LogP contribution in [0.25, 0.3) is 5.57 Å². The summed E-state index contributed by atoms with van der Waals surface area (Å²) in [6.07, 6.45) is 4.28. The van der Waals surface area contributed by atoms with Crippen molar-refractivity contribution in [2.45, 2.75) is 44.9 Å². The van der Waals surface area contributed by atoms with E-state index in [-0.39, 0.29) is 12.2 Å². The third-order valence-corrected chi connectivity index (χ3v) is 6.47. The molecule has 0 saturated carbocycles. The van der Waals surface area contributed by atoms with Gasteiger partial charge in [-0.1, -0.05) is 24.3 Å². The van der Waals surface area contributed by atoms with Crippen LogP contribution in [0, 0.1) is 0 Å². The molecule has 7 nitrogen and oxygen atoms in total. The maximum atomic E-state index is 13.6. The number of anilines is 1. The smallest absolute Gasteiger partial charge is 0.416 e. The SMILES string of the molecule is C=C1CC(OC)=CC(C(F)(F)F)=CC1Oc1ccc(CCNc2ncnc3c2=C(C)CCC=CN=3)cc1OC. The second-order valence-electron chi connectivity index (χ2n) is 9.22. The normalized spacial score (nSPS) is 17.5. The maximum absolute atomic E-state index is 13.6. The number of nitrogens with zero attached hydrogens (tertiary/aromatic N) is 3. The van der Waals surface area contributed by atoms with E-state index in [1.165, 1.54) is 26.1 Å². The van der Waals surface area contributed by atoms with Gasteiger partial charge in [0.2, 0.25) is 0 Å². The first kappa shape index (κ1) is 27.9. The summed E-state index contributed by atoms with van der Waals surface area (Å²) in [5.74, 6) is 1.62. The van der Waals surface area contributed by atoms with Crippen molar-refractivity contribution in [3.05, 3.63) is 88.7 Å². The molecule has 206 valence electrons. The van der Waals surface area contributed by atoms with Crippen LogP contribution < -0.4 is 25.5 Å². The van der Waals surface area contributed by atoms with Gasteiger partial charge < -0.3 is 19.5 Å². The highest BCUT2D eigenvalue weighted by molar-refractivity contribution is 5.51. The first-order valence-electron chi connectivity index (χ1n) is 12.5. The Balaban J connectivity index is 1.50. The van der Waals surface area contributed by atoms with Crippen LogP contribution in [-0.4, -0.2) is 43.0 Å². The van der Waals surface area contributed by atoms with Crippen LogP contribution >= 0.6 is 0 Å². The van der Waals surface area contributed by atoms with Crippen LogP contribution in [0.5, 0.6) is 11.5 Å². The van der Waals surface area contributed by atoms with Gasteiger partial charge in [0.25, 0.3) is 0 Å². The van der Waals surface area contributed by atoms with E-state index >= 15 is 0 Å². The van der Waals surface area contributed by atoms with Gasteiger partial charge in [-0.2, -0.15) is 13.2 Å². The minimum absolute atomic E-state index is 0.122. The van der Waals surface area contributed by atoms with Gasteiger partial charge in [-0.15, -0.1) is 0 Å². The molecule has 1 aliphatic carbocycles. The number of methoxy groups -OCH3 is 2. The standard InChI is InChI=1S/C29H31F3N4O3/c1-18-7-5-6-11-33-27-26(18)28(36-17-35-27)34-12-10-20-8-9-23(25(14-20)38-4)39-24-16-21(29(30,31)32)15-22(37-3)13-19(24)2/h6,8-9,11,14-17,24H,2,5,7,10,12-13H2,1,3-4H3,(H,33,34,35,36). The van der Waals surface area contributed by atoms with Gasteiger partial charge >= 0.3 is 6.18 Å². The van der Waals surface area contributed by atoms with Gasteiger partial charge in [0.05, 0.1) is 25.0 Å². The number of benzene rings is 1. The number of fused-ring (bicyclic) bond motifs is 1. The number of allylic oxidation sites excluding steroid dienone is 4. The van der Waals surface area contributed by atoms with Gasteiger partial charge in [-0.25, -0.2) is 15.0 Å². The topological polar surface area (TPSA) is 77.9 Å². The van der Waals surface area contributed by atoms with E-state index in [9.17, 15) is 13.2 Å². The Morgan fingerprint density at radius 2 is 1.95 bits per heavy atom. The van der Waals surface area contributed by atoms with Crippen molar-refractivity contribution in [2.75, 3.05) is 26.1 Å². The molecule has 10 heteroatoms. The quantitative estimate of drug-likeness (QED) is 0.477. The summed E-state index contributed by atoms with van der Waals surface area (Å²) in [5, 5.41) is 4.31. The Labute approximate surface area is 225 Å². The Morgan fingerprint density at radius 1 is 1.13 bits per heavy atom. The molecule has 0 spiro atoms. The average molecular weight is 541 g/mol. The highest BCUT2D eigenvalue weighted by Gasteiger charge is 2.35. The summed E-state index contributed by atoms with van der Waals surface area (Å²) < 4.78 is 57.3. The van der Waals surface area contributed by atoms with Crippen LogP contribution in [0.2, 0.25) is 0 Å². The molecule has 0 radical (unpaired) electrons. The predicted octanol–water partition coefficient (Wildman–Crippen LogP) is 4.96. The summed E-state index contributed by atoms with van der Waals surface area (Å²) in [6.45, 7) is 6.57. The van der Waals surface area contributed by atoms with Crippen LogP contribution in [0.15, 0.2) is 77.4 Å². The second kappa shape index (κ2) is 12.2. The number of aromatic nitrogens is 2. The number of hydrogen-bond donors (Lipinski definition) is 1. The molecule has 0 amide bonds. The predicted molar refractivity (Wildman–Crippen MR) is 143 cm³/mol. The third-order valence-electron chi connectivity index (χ3n) is 6.47. The van der Waals surface area contributed by atoms with E-state index in [2.05, 4.69) is 33.8 Å². The third kappa shape index (κ3) is 6.87. The minimum Gasteiger partial charge on any atom is -0.501 e. The van der Waals surface area contributed by atoms with Gasteiger partial charge in [0.15, 0.2) is 17.0 Å². The summed E-state index contributed by atoms with van der Waals surface area (Å²) in [5.41, 5.74) is 2.34. The van der Waals surface area contributed by atoms with E-state index in [0.717, 1.165) is 41.6 Å². The van der Waals surface area contributed by atoms with E-state index in [4.69, 9.17) is 14.2 Å². The Kier molecular flexibility index (Phi) is 8.73. The molecular weight excluding hydrogens is 509 g/mol. The molecule has 0 saturated heterocycles. The molecule has 2 aromatic rings. The lowest BCUT2D eigenvalue weighted by molar-refractivity contribution is -0.0890. The molecule has 39 heavy (non-hydrogen) atoms. The fraction of sp³-hybridized carbons (Fsp3) is 0.345. The van der Waals surface area contributed by atoms with Crippen molar-refractivity contribution < 1.29 is 27.4 Å². The largest absolute Gasteiger partial charge is 0.501 e. The molecule has 1 atom stereocenters. The van der Waals surface area contributed by atoms with Gasteiger partial charge in [-0.3, -0.25) is 0 Å². The number of rotatable bonds is 8. The number of hydrogen-bond acceptors (Lipinski definition) is 7. The van der Waals surface area contributed by atoms with Crippen LogP contribution in [-0.2, 0) is 11.2 Å². The van der Waals surface area contributed by atoms with Crippen molar-refractivity contribution in [3.8, 4) is 11.5 Å². The summed E-state index contributed by atoms with van der Waals surface area (Å²) in [6, 6.07) is 5.36. The fourth-order valence-corrected chi connectivity index (χ4v) is 4.35. The Bertz CT molecular complexity index is 1440. The zero-order valence-corrected chi connectivity index (χ0v) is 22.1. The molecule has 2 heterocycles. The summed E-state index contributed by atoms with van der Waals surface area (Å²) >= 11 is 0. The number of nitrogens with one attached hydrogen (secondary N) is 1. The average Bonchev–Trinajstić information content (AvgIpc) is 3.06. The molecule has 0 bridgehead atoms. The molecule has 4 rings (SSSR count). The van der Waals surface area contributed by atoms with Crippen molar-refractivity contribution in [3.63, 3.8) is 0 Å². The van der Waals surface area contributed by atoms with E-state index in [0.29, 0.717) is 35.5 Å². The minimum atomic E-state index is -4.56. The molecule has 1 aromatic carbocycles. The zero-order chi connectivity index (χ0) is 28.0. The number of alkyl halides is 3. The lowest BCUT2D eigenvalue weighted by Crippen LogP contribution is -2.34. The molecule has 1 N–H and O–H groups in total. The highest BCUT2D eigenvalue weighted by atomic mass is 19.4. The molecule has 0 fully saturated rings. The monoisotopic (exact) mass is 540 g/mol.